The Morgan fingerprint density at radius 2 is 2.27 bits per heavy atom. The topological polar surface area (TPSA) is 64.9 Å². The number of hydrogen-bond donors (Lipinski definition) is 1. The first kappa shape index (κ1) is 14.9. The van der Waals surface area contributed by atoms with E-state index in [2.05, 4.69) is 20.5 Å². The smallest absolute Gasteiger partial charge is 0.210 e. The average molecular weight is 333 g/mol. The third-order valence-corrected chi connectivity index (χ3v) is 4.99. The lowest BCUT2D eigenvalue weighted by molar-refractivity contribution is 0.415. The molecule has 0 bridgehead atoms. The molecule has 0 saturated carbocycles. The zero-order valence-electron chi connectivity index (χ0n) is 12.2. The van der Waals surface area contributed by atoms with E-state index in [1.807, 2.05) is 42.1 Å². The van der Waals surface area contributed by atoms with Crippen molar-refractivity contribution in [2.45, 2.75) is 10.1 Å². The molecule has 3 rings (SSSR count). The lowest BCUT2D eigenvalue weighted by Crippen LogP contribution is -1.91. The Morgan fingerprint density at radius 3 is 3.05 bits per heavy atom. The first-order valence-corrected chi connectivity index (χ1v) is 8.37. The number of rotatable bonds is 6. The molecule has 0 atom stereocenters. The van der Waals surface area contributed by atoms with Crippen LogP contribution in [0.2, 0.25) is 0 Å². The number of hydrogen-bond acceptors (Lipinski definition) is 7. The minimum Gasteiger partial charge on any atom is -0.497 e. The summed E-state index contributed by atoms with van der Waals surface area (Å²) in [5.41, 5.74) is 2.08. The van der Waals surface area contributed by atoms with Gasteiger partial charge in [0.25, 0.3) is 0 Å². The SMILES string of the molecule is COc1cccc(Nc2nnc(SCc3cncn3C)s2)c1. The highest BCUT2D eigenvalue weighted by Gasteiger charge is 2.07. The summed E-state index contributed by atoms with van der Waals surface area (Å²) in [6.45, 7) is 0. The molecule has 0 amide bonds. The van der Waals surface area contributed by atoms with Gasteiger partial charge < -0.3 is 14.6 Å². The second-order valence-corrected chi connectivity index (χ2v) is 6.71. The molecule has 0 saturated heterocycles. The second kappa shape index (κ2) is 6.80. The van der Waals surface area contributed by atoms with Crippen molar-refractivity contribution in [2.24, 2.45) is 7.05 Å². The molecule has 8 heteroatoms. The third-order valence-electron chi connectivity index (χ3n) is 2.99. The van der Waals surface area contributed by atoms with E-state index in [1.165, 1.54) is 11.3 Å². The quantitative estimate of drug-likeness (QED) is 0.698. The van der Waals surface area contributed by atoms with E-state index in [4.69, 9.17) is 4.74 Å². The van der Waals surface area contributed by atoms with Crippen LogP contribution in [0, 0.1) is 0 Å². The molecule has 6 nitrogen and oxygen atoms in total. The van der Waals surface area contributed by atoms with Crippen LogP contribution >= 0.6 is 23.1 Å². The summed E-state index contributed by atoms with van der Waals surface area (Å²) in [7, 11) is 3.63. The van der Waals surface area contributed by atoms with Crippen LogP contribution in [-0.2, 0) is 12.8 Å². The average Bonchev–Trinajstić information content (AvgIpc) is 3.14. The predicted molar refractivity (Wildman–Crippen MR) is 89.0 cm³/mol. The van der Waals surface area contributed by atoms with Crippen LogP contribution in [0.5, 0.6) is 5.75 Å². The number of thioether (sulfide) groups is 1. The summed E-state index contributed by atoms with van der Waals surface area (Å²) >= 11 is 3.18. The van der Waals surface area contributed by atoms with E-state index < -0.39 is 0 Å². The number of nitrogens with zero attached hydrogens (tertiary/aromatic N) is 4. The van der Waals surface area contributed by atoms with Gasteiger partial charge in [-0.2, -0.15) is 0 Å². The Hall–Kier alpha value is -2.06. The van der Waals surface area contributed by atoms with Crippen molar-refractivity contribution >= 4 is 33.9 Å². The van der Waals surface area contributed by atoms with Gasteiger partial charge in [0.05, 0.1) is 13.4 Å². The number of ether oxygens (including phenoxy) is 1. The van der Waals surface area contributed by atoms with Gasteiger partial charge >= 0.3 is 0 Å². The normalized spacial score (nSPS) is 10.6. The third kappa shape index (κ3) is 3.58. The van der Waals surface area contributed by atoms with Crippen molar-refractivity contribution in [3.8, 4) is 5.75 Å². The number of imidazole rings is 1. The van der Waals surface area contributed by atoms with Gasteiger partial charge in [-0.3, -0.25) is 0 Å². The predicted octanol–water partition coefficient (Wildman–Crippen LogP) is 3.32. The van der Waals surface area contributed by atoms with Crippen LogP contribution in [0.3, 0.4) is 0 Å². The Bertz CT molecular complexity index is 755. The molecule has 2 heterocycles. The molecule has 114 valence electrons. The molecule has 1 N–H and O–H groups in total. The Morgan fingerprint density at radius 1 is 1.36 bits per heavy atom. The van der Waals surface area contributed by atoms with Crippen molar-refractivity contribution < 1.29 is 4.74 Å². The monoisotopic (exact) mass is 333 g/mol. The Kier molecular flexibility index (Phi) is 4.59. The van der Waals surface area contributed by atoms with Crippen LogP contribution in [0.4, 0.5) is 10.8 Å². The van der Waals surface area contributed by atoms with Gasteiger partial charge in [-0.15, -0.1) is 10.2 Å². The summed E-state index contributed by atoms with van der Waals surface area (Å²) < 4.78 is 8.13. The van der Waals surface area contributed by atoms with Gasteiger partial charge in [-0.05, 0) is 12.1 Å². The van der Waals surface area contributed by atoms with Crippen LogP contribution in [0.1, 0.15) is 5.69 Å². The number of methoxy groups -OCH3 is 1. The zero-order valence-corrected chi connectivity index (χ0v) is 13.8. The summed E-state index contributed by atoms with van der Waals surface area (Å²) in [5, 5.41) is 12.4. The Balaban J connectivity index is 1.62. The summed E-state index contributed by atoms with van der Waals surface area (Å²) in [5.74, 6) is 1.63. The van der Waals surface area contributed by atoms with Gasteiger partial charge in [0.15, 0.2) is 4.34 Å². The van der Waals surface area contributed by atoms with Crippen LogP contribution in [0.15, 0.2) is 41.1 Å². The van der Waals surface area contributed by atoms with E-state index in [-0.39, 0.29) is 0 Å². The largest absolute Gasteiger partial charge is 0.497 e. The van der Waals surface area contributed by atoms with Crippen molar-refractivity contribution in [1.82, 2.24) is 19.7 Å². The van der Waals surface area contributed by atoms with Crippen molar-refractivity contribution in [2.75, 3.05) is 12.4 Å². The first-order valence-electron chi connectivity index (χ1n) is 6.57. The number of aromatic nitrogens is 4. The van der Waals surface area contributed by atoms with Crippen LogP contribution in [0.25, 0.3) is 0 Å². The summed E-state index contributed by atoms with van der Waals surface area (Å²) in [6, 6.07) is 7.72. The molecule has 2 aromatic heterocycles. The molecule has 0 aliphatic rings. The van der Waals surface area contributed by atoms with E-state index in [0.29, 0.717) is 0 Å². The molecule has 0 unspecified atom stereocenters. The standard InChI is InChI=1S/C14H15N5OS2/c1-19-9-15-7-11(19)8-21-14-18-17-13(22-14)16-10-4-3-5-12(6-10)20-2/h3-7,9H,8H2,1-2H3,(H,16,17). The molecule has 0 fully saturated rings. The van der Waals surface area contributed by atoms with Crippen molar-refractivity contribution in [3.63, 3.8) is 0 Å². The van der Waals surface area contributed by atoms with Gasteiger partial charge in [0.1, 0.15) is 5.75 Å². The zero-order chi connectivity index (χ0) is 15.4. The minimum atomic E-state index is 0.765. The molecule has 0 aliphatic heterocycles. The fraction of sp³-hybridized carbons (Fsp3) is 0.214. The number of benzene rings is 1. The highest BCUT2D eigenvalue weighted by Crippen LogP contribution is 2.30. The number of anilines is 2. The molecule has 0 aliphatic carbocycles. The Labute approximate surface area is 136 Å². The minimum absolute atomic E-state index is 0.765. The highest BCUT2D eigenvalue weighted by atomic mass is 32.2. The molecular weight excluding hydrogens is 318 g/mol. The fourth-order valence-corrected chi connectivity index (χ4v) is 3.60. The lowest BCUT2D eigenvalue weighted by Gasteiger charge is -2.04. The van der Waals surface area contributed by atoms with E-state index >= 15 is 0 Å². The maximum Gasteiger partial charge on any atom is 0.210 e. The maximum absolute atomic E-state index is 5.20. The number of aryl methyl sites for hydroxylation is 1. The van der Waals surface area contributed by atoms with Crippen LogP contribution < -0.4 is 10.1 Å². The van der Waals surface area contributed by atoms with Gasteiger partial charge in [-0.25, -0.2) is 4.98 Å². The maximum atomic E-state index is 5.20. The molecular formula is C14H15N5OS2. The van der Waals surface area contributed by atoms with Gasteiger partial charge in [-0.1, -0.05) is 29.2 Å². The van der Waals surface area contributed by atoms with E-state index in [0.717, 1.165) is 32.4 Å². The summed E-state index contributed by atoms with van der Waals surface area (Å²) in [4.78, 5) is 4.10. The first-order chi connectivity index (χ1) is 10.7. The van der Waals surface area contributed by atoms with E-state index in [1.54, 1.807) is 25.2 Å². The molecule has 3 aromatic rings. The van der Waals surface area contributed by atoms with E-state index in [9.17, 15) is 0 Å². The second-order valence-electron chi connectivity index (χ2n) is 4.51. The molecule has 0 radical (unpaired) electrons. The lowest BCUT2D eigenvalue weighted by atomic mass is 10.3. The molecule has 1 aromatic carbocycles. The molecule has 0 spiro atoms. The molecule has 22 heavy (non-hydrogen) atoms. The van der Waals surface area contributed by atoms with Gasteiger partial charge in [0.2, 0.25) is 5.13 Å². The van der Waals surface area contributed by atoms with Crippen LogP contribution in [-0.4, -0.2) is 26.9 Å². The van der Waals surface area contributed by atoms with Crippen molar-refractivity contribution in [1.29, 1.82) is 0 Å². The highest BCUT2D eigenvalue weighted by molar-refractivity contribution is 8.00. The van der Waals surface area contributed by atoms with Crippen molar-refractivity contribution in [3.05, 3.63) is 42.5 Å². The fourth-order valence-electron chi connectivity index (χ4n) is 1.80. The number of nitrogens with one attached hydrogen (secondary N) is 1. The van der Waals surface area contributed by atoms with Gasteiger partial charge in [0, 0.05) is 36.4 Å². The summed E-state index contributed by atoms with van der Waals surface area (Å²) in [6.07, 6.45) is 3.66.